The number of benzene rings is 1. The standard InChI is InChI=1S/C13H20N4O3/c14-10(12(16)19)5-6-11(15)13(20)17-9-3-1-8(7-18)2-4-9/h1-4,10-11,18H,5-7,14-15H2,(H2,16,19)(H,17,20). The zero-order valence-corrected chi connectivity index (χ0v) is 11.1. The molecule has 2 amide bonds. The van der Waals surface area contributed by atoms with E-state index in [1.165, 1.54) is 0 Å². The first-order chi connectivity index (χ1) is 9.43. The lowest BCUT2D eigenvalue weighted by Crippen LogP contribution is -2.40. The Balaban J connectivity index is 2.46. The van der Waals surface area contributed by atoms with Crippen LogP contribution in [0.3, 0.4) is 0 Å². The molecule has 0 bridgehead atoms. The van der Waals surface area contributed by atoms with Crippen LogP contribution in [0.4, 0.5) is 5.69 Å². The van der Waals surface area contributed by atoms with Crippen molar-refractivity contribution in [2.24, 2.45) is 17.2 Å². The van der Waals surface area contributed by atoms with Crippen LogP contribution in [-0.2, 0) is 16.2 Å². The van der Waals surface area contributed by atoms with E-state index in [1.807, 2.05) is 0 Å². The second-order valence-electron chi connectivity index (χ2n) is 4.54. The zero-order chi connectivity index (χ0) is 15.1. The maximum atomic E-state index is 11.8. The van der Waals surface area contributed by atoms with Gasteiger partial charge in [-0.25, -0.2) is 0 Å². The van der Waals surface area contributed by atoms with Gasteiger partial charge in [-0.15, -0.1) is 0 Å². The molecule has 0 spiro atoms. The van der Waals surface area contributed by atoms with Gasteiger partial charge in [0.25, 0.3) is 0 Å². The second kappa shape index (κ2) is 7.59. The average Bonchev–Trinajstić information content (AvgIpc) is 2.44. The molecular weight excluding hydrogens is 260 g/mol. The smallest absolute Gasteiger partial charge is 0.241 e. The van der Waals surface area contributed by atoms with E-state index in [0.717, 1.165) is 5.56 Å². The Bertz CT molecular complexity index is 461. The van der Waals surface area contributed by atoms with E-state index in [-0.39, 0.29) is 25.4 Å². The molecule has 110 valence electrons. The third kappa shape index (κ3) is 4.96. The van der Waals surface area contributed by atoms with Gasteiger partial charge in [-0.2, -0.15) is 0 Å². The van der Waals surface area contributed by atoms with Crippen LogP contribution < -0.4 is 22.5 Å². The number of rotatable bonds is 7. The Morgan fingerprint density at radius 2 is 1.65 bits per heavy atom. The van der Waals surface area contributed by atoms with Gasteiger partial charge in [0.05, 0.1) is 18.7 Å². The van der Waals surface area contributed by atoms with Crippen molar-refractivity contribution >= 4 is 17.5 Å². The molecule has 0 aromatic heterocycles. The molecule has 2 atom stereocenters. The summed E-state index contributed by atoms with van der Waals surface area (Å²) in [4.78, 5) is 22.6. The number of hydrogen-bond acceptors (Lipinski definition) is 5. The summed E-state index contributed by atoms with van der Waals surface area (Å²) in [6, 6.07) is 5.18. The summed E-state index contributed by atoms with van der Waals surface area (Å²) in [5.41, 5.74) is 17.5. The van der Waals surface area contributed by atoms with Crippen molar-refractivity contribution in [3.63, 3.8) is 0 Å². The minimum atomic E-state index is -0.794. The van der Waals surface area contributed by atoms with Crippen molar-refractivity contribution in [3.05, 3.63) is 29.8 Å². The molecule has 0 heterocycles. The Kier molecular flexibility index (Phi) is 6.10. The summed E-state index contributed by atoms with van der Waals surface area (Å²) in [6.07, 6.45) is 0.526. The van der Waals surface area contributed by atoms with Gasteiger partial charge in [-0.3, -0.25) is 9.59 Å². The molecule has 1 aromatic carbocycles. The number of nitrogens with one attached hydrogen (secondary N) is 1. The molecule has 1 aromatic rings. The molecule has 0 aliphatic heterocycles. The largest absolute Gasteiger partial charge is 0.392 e. The Morgan fingerprint density at radius 3 is 2.15 bits per heavy atom. The van der Waals surface area contributed by atoms with Gasteiger partial charge >= 0.3 is 0 Å². The van der Waals surface area contributed by atoms with E-state index in [4.69, 9.17) is 22.3 Å². The van der Waals surface area contributed by atoms with E-state index in [0.29, 0.717) is 5.69 Å². The lowest BCUT2D eigenvalue weighted by Gasteiger charge is -2.14. The lowest BCUT2D eigenvalue weighted by atomic mass is 10.1. The fourth-order valence-electron chi connectivity index (χ4n) is 1.56. The molecule has 7 heteroatoms. The zero-order valence-electron chi connectivity index (χ0n) is 11.1. The first-order valence-corrected chi connectivity index (χ1v) is 6.25. The highest BCUT2D eigenvalue weighted by Crippen LogP contribution is 2.10. The van der Waals surface area contributed by atoms with Gasteiger partial charge in [0.15, 0.2) is 0 Å². The summed E-state index contributed by atoms with van der Waals surface area (Å²) in [7, 11) is 0. The Hall–Kier alpha value is -1.96. The van der Waals surface area contributed by atoms with Crippen LogP contribution in [0.25, 0.3) is 0 Å². The van der Waals surface area contributed by atoms with E-state index in [9.17, 15) is 9.59 Å². The highest BCUT2D eigenvalue weighted by molar-refractivity contribution is 5.94. The third-order valence-corrected chi connectivity index (χ3v) is 2.89. The summed E-state index contributed by atoms with van der Waals surface area (Å²) in [5, 5.41) is 11.6. The highest BCUT2D eigenvalue weighted by atomic mass is 16.3. The number of aliphatic hydroxyl groups excluding tert-OH is 1. The SMILES string of the molecule is NC(=O)C(N)CCC(N)C(=O)Nc1ccc(CO)cc1. The monoisotopic (exact) mass is 280 g/mol. The van der Waals surface area contributed by atoms with Crippen LogP contribution in [0.1, 0.15) is 18.4 Å². The average molecular weight is 280 g/mol. The number of aliphatic hydroxyl groups is 1. The third-order valence-electron chi connectivity index (χ3n) is 2.89. The van der Waals surface area contributed by atoms with Gasteiger partial charge < -0.3 is 27.6 Å². The minimum absolute atomic E-state index is 0.0568. The van der Waals surface area contributed by atoms with Crippen LogP contribution in [-0.4, -0.2) is 29.0 Å². The molecule has 0 radical (unpaired) electrons. The van der Waals surface area contributed by atoms with E-state index >= 15 is 0 Å². The summed E-state index contributed by atoms with van der Waals surface area (Å²) in [6.45, 7) is -0.0568. The topological polar surface area (TPSA) is 144 Å². The predicted molar refractivity (Wildman–Crippen MR) is 75.4 cm³/mol. The second-order valence-corrected chi connectivity index (χ2v) is 4.54. The first kappa shape index (κ1) is 16.1. The van der Waals surface area contributed by atoms with Crippen LogP contribution in [0.2, 0.25) is 0 Å². The number of anilines is 1. The van der Waals surface area contributed by atoms with Gasteiger partial charge in [-0.1, -0.05) is 12.1 Å². The lowest BCUT2D eigenvalue weighted by molar-refractivity contribution is -0.120. The summed E-state index contributed by atoms with van der Waals surface area (Å²) < 4.78 is 0. The molecule has 1 rings (SSSR count). The van der Waals surface area contributed by atoms with Crippen molar-refractivity contribution in [2.45, 2.75) is 31.5 Å². The Morgan fingerprint density at radius 1 is 1.10 bits per heavy atom. The molecule has 0 saturated heterocycles. The molecule has 2 unspecified atom stereocenters. The molecule has 20 heavy (non-hydrogen) atoms. The number of carbonyl (C=O) groups excluding carboxylic acids is 2. The predicted octanol–water partition coefficient (Wildman–Crippen LogP) is -0.962. The molecule has 0 saturated carbocycles. The van der Waals surface area contributed by atoms with Crippen molar-refractivity contribution in [1.82, 2.24) is 0 Å². The molecule has 0 fully saturated rings. The van der Waals surface area contributed by atoms with Crippen molar-refractivity contribution in [2.75, 3.05) is 5.32 Å². The maximum absolute atomic E-state index is 11.8. The van der Waals surface area contributed by atoms with E-state index < -0.39 is 18.0 Å². The fourth-order valence-corrected chi connectivity index (χ4v) is 1.56. The Labute approximate surface area is 117 Å². The van der Waals surface area contributed by atoms with Crippen molar-refractivity contribution < 1.29 is 14.7 Å². The number of primary amides is 1. The van der Waals surface area contributed by atoms with Gasteiger partial charge in [0, 0.05) is 5.69 Å². The highest BCUT2D eigenvalue weighted by Gasteiger charge is 2.17. The fraction of sp³-hybridized carbons (Fsp3) is 0.385. The molecule has 0 aliphatic rings. The van der Waals surface area contributed by atoms with Crippen LogP contribution in [0.15, 0.2) is 24.3 Å². The normalized spacial score (nSPS) is 13.6. The molecule has 8 N–H and O–H groups in total. The minimum Gasteiger partial charge on any atom is -0.392 e. The van der Waals surface area contributed by atoms with E-state index in [2.05, 4.69) is 5.32 Å². The van der Waals surface area contributed by atoms with Crippen LogP contribution >= 0.6 is 0 Å². The number of nitrogens with two attached hydrogens (primary N) is 3. The quantitative estimate of drug-likeness (QED) is 0.436. The molecule has 7 nitrogen and oxygen atoms in total. The van der Waals surface area contributed by atoms with Gasteiger partial charge in [0.2, 0.25) is 11.8 Å². The number of amides is 2. The summed E-state index contributed by atoms with van der Waals surface area (Å²) >= 11 is 0. The van der Waals surface area contributed by atoms with E-state index in [1.54, 1.807) is 24.3 Å². The van der Waals surface area contributed by atoms with Gasteiger partial charge in [0.1, 0.15) is 0 Å². The van der Waals surface area contributed by atoms with Crippen LogP contribution in [0.5, 0.6) is 0 Å². The number of carbonyl (C=O) groups is 2. The maximum Gasteiger partial charge on any atom is 0.241 e. The molecule has 0 aliphatic carbocycles. The van der Waals surface area contributed by atoms with Crippen molar-refractivity contribution in [1.29, 1.82) is 0 Å². The van der Waals surface area contributed by atoms with Crippen LogP contribution in [0, 0.1) is 0 Å². The summed E-state index contributed by atoms with van der Waals surface area (Å²) in [5.74, 6) is -0.976. The first-order valence-electron chi connectivity index (χ1n) is 6.25. The number of hydrogen-bond donors (Lipinski definition) is 5. The van der Waals surface area contributed by atoms with Gasteiger partial charge in [-0.05, 0) is 30.5 Å². The van der Waals surface area contributed by atoms with Crippen molar-refractivity contribution in [3.8, 4) is 0 Å². The molecular formula is C13H20N4O3.